The van der Waals surface area contributed by atoms with Gasteiger partial charge in [0.1, 0.15) is 5.75 Å². The predicted octanol–water partition coefficient (Wildman–Crippen LogP) is 2.39. The van der Waals surface area contributed by atoms with Crippen LogP contribution in [0.15, 0.2) is 24.3 Å². The molecule has 1 heterocycles. The van der Waals surface area contributed by atoms with E-state index in [0.29, 0.717) is 6.54 Å². The Balaban J connectivity index is 2.05. The summed E-state index contributed by atoms with van der Waals surface area (Å²) in [5, 5.41) is 0. The Morgan fingerprint density at radius 2 is 2.05 bits per heavy atom. The molecule has 0 bridgehead atoms. The summed E-state index contributed by atoms with van der Waals surface area (Å²) >= 11 is 0. The number of anilines is 1. The number of esters is 1. The number of methoxy groups -OCH3 is 1. The van der Waals surface area contributed by atoms with Crippen molar-refractivity contribution in [1.29, 1.82) is 0 Å². The van der Waals surface area contributed by atoms with Crippen LogP contribution in [0.5, 0.6) is 5.75 Å². The molecular formula is C16H21NO4. The lowest BCUT2D eigenvalue weighted by molar-refractivity contribution is -0.145. The zero-order valence-electron chi connectivity index (χ0n) is 12.7. The number of amides is 1. The first-order valence-corrected chi connectivity index (χ1v) is 7.20. The van der Waals surface area contributed by atoms with Gasteiger partial charge in [-0.1, -0.05) is 6.92 Å². The molecule has 1 aliphatic rings. The van der Waals surface area contributed by atoms with Crippen LogP contribution in [-0.2, 0) is 14.3 Å². The molecule has 1 aromatic rings. The molecule has 114 valence electrons. The maximum atomic E-state index is 12.0. The third-order valence-corrected chi connectivity index (χ3v) is 3.72. The minimum absolute atomic E-state index is 0.0546. The maximum absolute atomic E-state index is 12.0. The molecule has 1 amide bonds. The average molecular weight is 291 g/mol. The van der Waals surface area contributed by atoms with E-state index in [2.05, 4.69) is 6.92 Å². The first-order chi connectivity index (χ1) is 10.0. The van der Waals surface area contributed by atoms with E-state index >= 15 is 0 Å². The molecule has 5 heteroatoms. The van der Waals surface area contributed by atoms with E-state index in [9.17, 15) is 9.59 Å². The molecule has 0 spiro atoms. The lowest BCUT2D eigenvalue weighted by Crippen LogP contribution is -2.26. The molecule has 0 saturated carbocycles. The third kappa shape index (κ3) is 3.54. The standard InChI is InChI=1S/C16H21NO4/c1-4-11(2)21-14-7-5-13(6-8-14)17-10-12(9-15(17)18)16(19)20-3/h5-8,11-12H,4,9-10H2,1-3H3. The van der Waals surface area contributed by atoms with Crippen molar-refractivity contribution in [2.75, 3.05) is 18.6 Å². The van der Waals surface area contributed by atoms with Crippen LogP contribution in [0, 0.1) is 5.92 Å². The topological polar surface area (TPSA) is 55.8 Å². The van der Waals surface area contributed by atoms with Crippen molar-refractivity contribution in [3.63, 3.8) is 0 Å². The summed E-state index contributed by atoms with van der Waals surface area (Å²) < 4.78 is 10.4. The average Bonchev–Trinajstić information content (AvgIpc) is 2.89. The van der Waals surface area contributed by atoms with Gasteiger partial charge in [0.25, 0.3) is 0 Å². The monoisotopic (exact) mass is 291 g/mol. The highest BCUT2D eigenvalue weighted by atomic mass is 16.5. The number of hydrogen-bond acceptors (Lipinski definition) is 4. The highest BCUT2D eigenvalue weighted by Crippen LogP contribution is 2.27. The van der Waals surface area contributed by atoms with Crippen LogP contribution in [-0.4, -0.2) is 31.6 Å². The number of carbonyl (C=O) groups is 2. The van der Waals surface area contributed by atoms with E-state index in [1.807, 2.05) is 31.2 Å². The molecule has 0 aromatic heterocycles. The van der Waals surface area contributed by atoms with Crippen molar-refractivity contribution in [2.45, 2.75) is 32.8 Å². The van der Waals surface area contributed by atoms with Crippen LogP contribution in [0.2, 0.25) is 0 Å². The van der Waals surface area contributed by atoms with E-state index < -0.39 is 0 Å². The van der Waals surface area contributed by atoms with Gasteiger partial charge in [-0.15, -0.1) is 0 Å². The number of ether oxygens (including phenoxy) is 2. The van der Waals surface area contributed by atoms with E-state index in [1.165, 1.54) is 7.11 Å². The van der Waals surface area contributed by atoms with Gasteiger partial charge in [0.15, 0.2) is 0 Å². The summed E-state index contributed by atoms with van der Waals surface area (Å²) in [6, 6.07) is 7.38. The number of hydrogen-bond donors (Lipinski definition) is 0. The minimum Gasteiger partial charge on any atom is -0.491 e. The number of carbonyl (C=O) groups excluding carboxylic acids is 2. The molecule has 5 nitrogen and oxygen atoms in total. The normalized spacial score (nSPS) is 19.5. The van der Waals surface area contributed by atoms with Crippen molar-refractivity contribution >= 4 is 17.6 Å². The summed E-state index contributed by atoms with van der Waals surface area (Å²) in [6.07, 6.45) is 1.30. The van der Waals surface area contributed by atoms with Gasteiger partial charge >= 0.3 is 5.97 Å². The first kappa shape index (κ1) is 15.4. The van der Waals surface area contributed by atoms with Gasteiger partial charge in [-0.25, -0.2) is 0 Å². The number of nitrogens with zero attached hydrogens (tertiary/aromatic N) is 1. The zero-order chi connectivity index (χ0) is 15.4. The lowest BCUT2D eigenvalue weighted by atomic mass is 10.1. The van der Waals surface area contributed by atoms with Crippen molar-refractivity contribution in [1.82, 2.24) is 0 Å². The summed E-state index contributed by atoms with van der Waals surface area (Å²) in [5.41, 5.74) is 0.780. The quantitative estimate of drug-likeness (QED) is 0.782. The molecule has 2 rings (SSSR count). The van der Waals surface area contributed by atoms with Crippen molar-refractivity contribution in [3.05, 3.63) is 24.3 Å². The second-order valence-electron chi connectivity index (χ2n) is 5.26. The first-order valence-electron chi connectivity index (χ1n) is 7.20. The molecule has 2 atom stereocenters. The van der Waals surface area contributed by atoms with Gasteiger partial charge in [0.05, 0.1) is 19.1 Å². The Morgan fingerprint density at radius 3 is 2.62 bits per heavy atom. The second-order valence-corrected chi connectivity index (χ2v) is 5.26. The van der Waals surface area contributed by atoms with Gasteiger partial charge in [0.2, 0.25) is 5.91 Å². The minimum atomic E-state index is -0.376. The largest absolute Gasteiger partial charge is 0.491 e. The summed E-state index contributed by atoms with van der Waals surface area (Å²) in [7, 11) is 1.34. The van der Waals surface area contributed by atoms with Gasteiger partial charge in [-0.05, 0) is 37.6 Å². The van der Waals surface area contributed by atoms with Crippen LogP contribution >= 0.6 is 0 Å². The van der Waals surface area contributed by atoms with Crippen molar-refractivity contribution < 1.29 is 19.1 Å². The SMILES string of the molecule is CCC(C)Oc1ccc(N2CC(C(=O)OC)CC2=O)cc1. The predicted molar refractivity (Wildman–Crippen MR) is 79.3 cm³/mol. The maximum Gasteiger partial charge on any atom is 0.311 e. The number of rotatable bonds is 5. The van der Waals surface area contributed by atoms with Gasteiger partial charge in [-0.2, -0.15) is 0 Å². The molecular weight excluding hydrogens is 270 g/mol. The van der Waals surface area contributed by atoms with Crippen LogP contribution in [0.3, 0.4) is 0 Å². The van der Waals surface area contributed by atoms with Crippen LogP contribution in [0.1, 0.15) is 26.7 Å². The highest BCUT2D eigenvalue weighted by Gasteiger charge is 2.35. The molecule has 0 aliphatic carbocycles. The lowest BCUT2D eigenvalue weighted by Gasteiger charge is -2.18. The summed E-state index contributed by atoms with van der Waals surface area (Å²) in [4.78, 5) is 25.1. The van der Waals surface area contributed by atoms with E-state index in [0.717, 1.165) is 17.9 Å². The van der Waals surface area contributed by atoms with Crippen LogP contribution in [0.4, 0.5) is 5.69 Å². The summed E-state index contributed by atoms with van der Waals surface area (Å²) in [6.45, 7) is 4.45. The molecule has 1 saturated heterocycles. The Labute approximate surface area is 124 Å². The molecule has 0 N–H and O–H groups in total. The van der Waals surface area contributed by atoms with E-state index in [4.69, 9.17) is 9.47 Å². The van der Waals surface area contributed by atoms with Gasteiger partial charge in [0, 0.05) is 18.7 Å². The Kier molecular flexibility index (Phi) is 4.83. The third-order valence-electron chi connectivity index (χ3n) is 3.72. The Bertz CT molecular complexity index is 512. The van der Waals surface area contributed by atoms with Crippen LogP contribution < -0.4 is 9.64 Å². The molecule has 2 unspecified atom stereocenters. The molecule has 1 aromatic carbocycles. The molecule has 1 aliphatic heterocycles. The molecule has 0 radical (unpaired) electrons. The highest BCUT2D eigenvalue weighted by molar-refractivity contribution is 5.99. The fraction of sp³-hybridized carbons (Fsp3) is 0.500. The molecule has 21 heavy (non-hydrogen) atoms. The van der Waals surface area contributed by atoms with Crippen molar-refractivity contribution in [2.24, 2.45) is 5.92 Å². The fourth-order valence-corrected chi connectivity index (χ4v) is 2.30. The Morgan fingerprint density at radius 1 is 1.38 bits per heavy atom. The van der Waals surface area contributed by atoms with E-state index in [1.54, 1.807) is 4.90 Å². The smallest absolute Gasteiger partial charge is 0.311 e. The second kappa shape index (κ2) is 6.61. The summed E-state index contributed by atoms with van der Waals surface area (Å²) in [5.74, 6) is 0.0198. The molecule has 1 fully saturated rings. The fourth-order valence-electron chi connectivity index (χ4n) is 2.30. The van der Waals surface area contributed by atoms with E-state index in [-0.39, 0.29) is 30.3 Å². The number of benzene rings is 1. The van der Waals surface area contributed by atoms with Gasteiger partial charge < -0.3 is 14.4 Å². The van der Waals surface area contributed by atoms with Gasteiger partial charge in [-0.3, -0.25) is 9.59 Å². The zero-order valence-corrected chi connectivity index (χ0v) is 12.7. The van der Waals surface area contributed by atoms with Crippen molar-refractivity contribution in [3.8, 4) is 5.75 Å². The van der Waals surface area contributed by atoms with Crippen LogP contribution in [0.25, 0.3) is 0 Å². The Hall–Kier alpha value is -2.04.